The van der Waals surface area contributed by atoms with Crippen LogP contribution < -0.4 is 9.47 Å². The molecule has 4 nitrogen and oxygen atoms in total. The molecule has 18 heavy (non-hydrogen) atoms. The highest BCUT2D eigenvalue weighted by Crippen LogP contribution is 2.33. The Morgan fingerprint density at radius 1 is 1.28 bits per heavy atom. The van der Waals surface area contributed by atoms with Gasteiger partial charge in [0.25, 0.3) is 0 Å². The molecule has 1 fully saturated rings. The Labute approximate surface area is 106 Å². The van der Waals surface area contributed by atoms with Crippen LogP contribution >= 0.6 is 0 Å². The molecule has 0 radical (unpaired) electrons. The highest BCUT2D eigenvalue weighted by atomic mass is 16.7. The lowest BCUT2D eigenvalue weighted by molar-refractivity contribution is -0.113. The van der Waals surface area contributed by atoms with Crippen molar-refractivity contribution >= 4 is 6.29 Å². The summed E-state index contributed by atoms with van der Waals surface area (Å²) in [6, 6.07) is 6.07. The fourth-order valence-corrected chi connectivity index (χ4v) is 2.64. The van der Waals surface area contributed by atoms with E-state index in [0.29, 0.717) is 6.79 Å². The van der Waals surface area contributed by atoms with Gasteiger partial charge in [0.2, 0.25) is 6.79 Å². The van der Waals surface area contributed by atoms with Crippen LogP contribution in [-0.4, -0.2) is 30.6 Å². The van der Waals surface area contributed by atoms with E-state index in [4.69, 9.17) is 9.47 Å². The van der Waals surface area contributed by atoms with Crippen LogP contribution in [0.4, 0.5) is 0 Å². The average Bonchev–Trinajstić information content (AvgIpc) is 2.87. The first-order valence-electron chi connectivity index (χ1n) is 6.45. The van der Waals surface area contributed by atoms with Gasteiger partial charge in [-0.3, -0.25) is 4.90 Å². The molecule has 2 heterocycles. The number of carbonyl (C=O) groups is 1. The predicted molar refractivity (Wildman–Crippen MR) is 66.7 cm³/mol. The molecule has 1 aromatic rings. The van der Waals surface area contributed by atoms with E-state index in [0.717, 1.165) is 43.7 Å². The lowest BCUT2D eigenvalue weighted by atomic mass is 10.0. The van der Waals surface area contributed by atoms with Gasteiger partial charge in [0.05, 0.1) is 6.04 Å². The quantitative estimate of drug-likeness (QED) is 0.765. The van der Waals surface area contributed by atoms with Gasteiger partial charge in [-0.15, -0.1) is 0 Å². The number of likely N-dealkylation sites (tertiary alicyclic amines) is 1. The van der Waals surface area contributed by atoms with E-state index >= 15 is 0 Å². The Morgan fingerprint density at radius 2 is 2.17 bits per heavy atom. The number of nitrogens with zero attached hydrogens (tertiary/aromatic N) is 1. The number of carbonyl (C=O) groups excluding carboxylic acids is 1. The molecule has 4 heteroatoms. The molecular formula is C14H17NO3. The van der Waals surface area contributed by atoms with Crippen molar-refractivity contribution < 1.29 is 14.3 Å². The van der Waals surface area contributed by atoms with Crippen LogP contribution in [-0.2, 0) is 11.3 Å². The molecule has 1 unspecified atom stereocenters. The third-order valence-corrected chi connectivity index (χ3v) is 3.64. The molecule has 0 aromatic heterocycles. The highest BCUT2D eigenvalue weighted by Gasteiger charge is 2.22. The van der Waals surface area contributed by atoms with E-state index in [-0.39, 0.29) is 6.04 Å². The van der Waals surface area contributed by atoms with Crippen LogP contribution in [0.2, 0.25) is 0 Å². The Morgan fingerprint density at radius 3 is 3.06 bits per heavy atom. The highest BCUT2D eigenvalue weighted by molar-refractivity contribution is 5.57. The van der Waals surface area contributed by atoms with Gasteiger partial charge < -0.3 is 14.3 Å². The minimum atomic E-state index is 0.0733. The zero-order valence-electron chi connectivity index (χ0n) is 10.3. The largest absolute Gasteiger partial charge is 0.454 e. The number of aldehydes is 1. The molecule has 0 N–H and O–H groups in total. The zero-order chi connectivity index (χ0) is 12.4. The van der Waals surface area contributed by atoms with Gasteiger partial charge in [-0.1, -0.05) is 12.5 Å². The second-order valence-electron chi connectivity index (χ2n) is 4.86. The Balaban J connectivity index is 1.73. The maximum atomic E-state index is 11.1. The SMILES string of the molecule is O=CC1CCCCN1Cc1ccc2c(c1)OCO2. The topological polar surface area (TPSA) is 38.8 Å². The van der Waals surface area contributed by atoms with E-state index in [2.05, 4.69) is 4.90 Å². The standard InChI is InChI=1S/C14H17NO3/c16-9-12-3-1-2-6-15(12)8-11-4-5-13-14(7-11)18-10-17-13/h4-5,7,9,12H,1-3,6,8,10H2. The second-order valence-corrected chi connectivity index (χ2v) is 4.86. The van der Waals surface area contributed by atoms with Gasteiger partial charge >= 0.3 is 0 Å². The van der Waals surface area contributed by atoms with Gasteiger partial charge in [-0.2, -0.15) is 0 Å². The van der Waals surface area contributed by atoms with E-state index in [1.807, 2.05) is 18.2 Å². The molecule has 2 aliphatic rings. The molecule has 1 saturated heterocycles. The van der Waals surface area contributed by atoms with Gasteiger partial charge in [-0.05, 0) is 37.1 Å². The summed E-state index contributed by atoms with van der Waals surface area (Å²) in [6.07, 6.45) is 4.39. The minimum Gasteiger partial charge on any atom is -0.454 e. The van der Waals surface area contributed by atoms with Crippen LogP contribution in [0, 0.1) is 0 Å². The first-order valence-corrected chi connectivity index (χ1v) is 6.45. The molecule has 0 saturated carbocycles. The van der Waals surface area contributed by atoms with Crippen LogP contribution in [0.25, 0.3) is 0 Å². The summed E-state index contributed by atoms with van der Waals surface area (Å²) in [6.45, 7) is 2.11. The number of fused-ring (bicyclic) bond motifs is 1. The lowest BCUT2D eigenvalue weighted by Gasteiger charge is -2.32. The average molecular weight is 247 g/mol. The molecule has 0 aliphatic carbocycles. The number of rotatable bonds is 3. The van der Waals surface area contributed by atoms with Crippen molar-refractivity contribution in [1.82, 2.24) is 4.90 Å². The lowest BCUT2D eigenvalue weighted by Crippen LogP contribution is -2.39. The van der Waals surface area contributed by atoms with Crippen molar-refractivity contribution in [2.24, 2.45) is 0 Å². The number of piperidine rings is 1. The number of hydrogen-bond donors (Lipinski definition) is 0. The van der Waals surface area contributed by atoms with Gasteiger partial charge in [0, 0.05) is 6.54 Å². The molecule has 2 aliphatic heterocycles. The molecule has 0 bridgehead atoms. The Bertz CT molecular complexity index is 447. The van der Waals surface area contributed by atoms with Crippen molar-refractivity contribution in [2.75, 3.05) is 13.3 Å². The van der Waals surface area contributed by atoms with Crippen molar-refractivity contribution in [2.45, 2.75) is 31.8 Å². The van der Waals surface area contributed by atoms with Crippen molar-refractivity contribution in [3.8, 4) is 11.5 Å². The van der Waals surface area contributed by atoms with Crippen LogP contribution in [0.3, 0.4) is 0 Å². The summed E-state index contributed by atoms with van der Waals surface area (Å²) in [5, 5.41) is 0. The number of benzene rings is 1. The van der Waals surface area contributed by atoms with Crippen molar-refractivity contribution in [3.63, 3.8) is 0 Å². The number of hydrogen-bond acceptors (Lipinski definition) is 4. The van der Waals surface area contributed by atoms with Crippen molar-refractivity contribution in [1.29, 1.82) is 0 Å². The molecule has 96 valence electrons. The third kappa shape index (κ3) is 2.20. The fourth-order valence-electron chi connectivity index (χ4n) is 2.64. The molecule has 0 amide bonds. The molecule has 0 spiro atoms. The Hall–Kier alpha value is -1.55. The van der Waals surface area contributed by atoms with Crippen LogP contribution in [0.5, 0.6) is 11.5 Å². The first-order chi connectivity index (χ1) is 8.86. The molecule has 1 atom stereocenters. The molecule has 3 rings (SSSR count). The molecular weight excluding hydrogens is 230 g/mol. The van der Waals surface area contributed by atoms with E-state index in [9.17, 15) is 4.79 Å². The van der Waals surface area contributed by atoms with Crippen LogP contribution in [0.15, 0.2) is 18.2 Å². The van der Waals surface area contributed by atoms with Gasteiger partial charge in [0.15, 0.2) is 11.5 Å². The predicted octanol–water partition coefficient (Wildman–Crippen LogP) is 1.97. The van der Waals surface area contributed by atoms with Gasteiger partial charge in [0.1, 0.15) is 6.29 Å². The van der Waals surface area contributed by atoms with Crippen LogP contribution in [0.1, 0.15) is 24.8 Å². The summed E-state index contributed by atoms with van der Waals surface area (Å²) in [4.78, 5) is 13.3. The van der Waals surface area contributed by atoms with E-state index < -0.39 is 0 Å². The summed E-state index contributed by atoms with van der Waals surface area (Å²) < 4.78 is 10.7. The third-order valence-electron chi connectivity index (χ3n) is 3.64. The monoisotopic (exact) mass is 247 g/mol. The Kier molecular flexibility index (Phi) is 3.19. The summed E-state index contributed by atoms with van der Waals surface area (Å²) >= 11 is 0. The van der Waals surface area contributed by atoms with Gasteiger partial charge in [-0.25, -0.2) is 0 Å². The number of ether oxygens (including phenoxy) is 2. The zero-order valence-corrected chi connectivity index (χ0v) is 10.3. The second kappa shape index (κ2) is 4.98. The fraction of sp³-hybridized carbons (Fsp3) is 0.500. The maximum Gasteiger partial charge on any atom is 0.231 e. The molecule has 1 aromatic carbocycles. The van der Waals surface area contributed by atoms with Crippen molar-refractivity contribution in [3.05, 3.63) is 23.8 Å². The maximum absolute atomic E-state index is 11.1. The minimum absolute atomic E-state index is 0.0733. The first kappa shape index (κ1) is 11.5. The smallest absolute Gasteiger partial charge is 0.231 e. The normalized spacial score (nSPS) is 23.0. The van der Waals surface area contributed by atoms with E-state index in [1.54, 1.807) is 0 Å². The summed E-state index contributed by atoms with van der Waals surface area (Å²) in [5.74, 6) is 1.62. The summed E-state index contributed by atoms with van der Waals surface area (Å²) in [7, 11) is 0. The van der Waals surface area contributed by atoms with E-state index in [1.165, 1.54) is 12.0 Å². The summed E-state index contributed by atoms with van der Waals surface area (Å²) in [5.41, 5.74) is 1.17.